The number of hydrogen-bond acceptors (Lipinski definition) is 3. The van der Waals surface area contributed by atoms with Crippen LogP contribution in [0.5, 0.6) is 0 Å². The Balaban J connectivity index is 3.33. The first-order valence-electron chi connectivity index (χ1n) is 3.77. The van der Waals surface area contributed by atoms with Gasteiger partial charge in [0.25, 0.3) is 0 Å². The number of hydrogen-bond donors (Lipinski definition) is 2. The third-order valence-electron chi connectivity index (χ3n) is 1.76. The number of sulfonamides is 1. The monoisotopic (exact) mass is 200 g/mol. The molecular formula is C8H12N2O2S. The molecule has 0 radical (unpaired) electrons. The van der Waals surface area contributed by atoms with Crippen molar-refractivity contribution in [1.29, 1.82) is 0 Å². The van der Waals surface area contributed by atoms with E-state index in [4.69, 9.17) is 5.73 Å². The van der Waals surface area contributed by atoms with Gasteiger partial charge in [0.15, 0.2) is 0 Å². The number of aryl methyl sites for hydroxylation is 1. The second-order valence-corrected chi connectivity index (χ2v) is 4.59. The molecule has 3 N–H and O–H groups in total. The lowest BCUT2D eigenvalue weighted by molar-refractivity contribution is 0.587. The van der Waals surface area contributed by atoms with Crippen LogP contribution in [-0.2, 0) is 10.0 Å². The Bertz CT molecular complexity index is 412. The Labute approximate surface area is 77.8 Å². The predicted octanol–water partition coefficient (Wildman–Crippen LogP) is 0.485. The molecule has 0 aromatic heterocycles. The standard InChI is InChI=1S/C8H12N2O2S/c1-6-5-7(9)3-4-8(6)13(11,12)10-2/h3-5,10H,9H2,1-2H3. The molecule has 4 nitrogen and oxygen atoms in total. The number of nitrogens with one attached hydrogen (secondary N) is 1. The predicted molar refractivity (Wildman–Crippen MR) is 51.8 cm³/mol. The van der Waals surface area contributed by atoms with E-state index in [0.29, 0.717) is 11.3 Å². The molecule has 0 atom stereocenters. The molecule has 0 fully saturated rings. The van der Waals surface area contributed by atoms with E-state index >= 15 is 0 Å². The van der Waals surface area contributed by atoms with Gasteiger partial charge in [0, 0.05) is 5.69 Å². The summed E-state index contributed by atoms with van der Waals surface area (Å²) in [7, 11) is -1.97. The molecule has 5 heteroatoms. The van der Waals surface area contributed by atoms with Gasteiger partial charge in [0.05, 0.1) is 4.90 Å². The molecule has 0 spiro atoms. The van der Waals surface area contributed by atoms with Crippen LogP contribution in [0.1, 0.15) is 5.56 Å². The Kier molecular flexibility index (Phi) is 2.58. The van der Waals surface area contributed by atoms with Crippen molar-refractivity contribution in [2.45, 2.75) is 11.8 Å². The summed E-state index contributed by atoms with van der Waals surface area (Å²) in [6.45, 7) is 1.71. The summed E-state index contributed by atoms with van der Waals surface area (Å²) in [6, 6.07) is 4.69. The minimum absolute atomic E-state index is 0.268. The fourth-order valence-electron chi connectivity index (χ4n) is 1.08. The van der Waals surface area contributed by atoms with E-state index in [1.807, 2.05) is 0 Å². The van der Waals surface area contributed by atoms with Gasteiger partial charge < -0.3 is 5.73 Å². The zero-order valence-electron chi connectivity index (χ0n) is 7.53. The minimum atomic E-state index is -3.35. The van der Waals surface area contributed by atoms with Gasteiger partial charge >= 0.3 is 0 Å². The van der Waals surface area contributed by atoms with Crippen LogP contribution in [0.25, 0.3) is 0 Å². The van der Waals surface area contributed by atoms with E-state index < -0.39 is 10.0 Å². The lowest BCUT2D eigenvalue weighted by atomic mass is 10.2. The molecule has 0 amide bonds. The number of nitrogens with two attached hydrogens (primary N) is 1. The van der Waals surface area contributed by atoms with Crippen LogP contribution in [0.15, 0.2) is 23.1 Å². The van der Waals surface area contributed by atoms with Crippen molar-refractivity contribution in [2.24, 2.45) is 0 Å². The first-order valence-corrected chi connectivity index (χ1v) is 5.25. The third kappa shape index (κ3) is 1.99. The van der Waals surface area contributed by atoms with E-state index in [0.717, 1.165) is 0 Å². The lowest BCUT2D eigenvalue weighted by Crippen LogP contribution is -2.19. The van der Waals surface area contributed by atoms with E-state index in [1.54, 1.807) is 19.1 Å². The van der Waals surface area contributed by atoms with Crippen molar-refractivity contribution in [3.05, 3.63) is 23.8 Å². The number of rotatable bonds is 2. The Morgan fingerprint density at radius 1 is 1.38 bits per heavy atom. The zero-order chi connectivity index (χ0) is 10.1. The SMILES string of the molecule is CNS(=O)(=O)c1ccc(N)cc1C. The van der Waals surface area contributed by atoms with Crippen molar-refractivity contribution >= 4 is 15.7 Å². The molecule has 0 aliphatic rings. The van der Waals surface area contributed by atoms with Crippen LogP contribution >= 0.6 is 0 Å². The molecule has 0 aliphatic carbocycles. The quantitative estimate of drug-likeness (QED) is 0.682. The first-order chi connectivity index (χ1) is 5.97. The number of anilines is 1. The highest BCUT2D eigenvalue weighted by Crippen LogP contribution is 2.16. The van der Waals surface area contributed by atoms with Gasteiger partial charge in [-0.1, -0.05) is 0 Å². The molecule has 0 heterocycles. The van der Waals surface area contributed by atoms with E-state index in [2.05, 4.69) is 4.72 Å². The van der Waals surface area contributed by atoms with Gasteiger partial charge in [0.1, 0.15) is 0 Å². The maximum Gasteiger partial charge on any atom is 0.240 e. The number of benzene rings is 1. The largest absolute Gasteiger partial charge is 0.399 e. The summed E-state index contributed by atoms with van der Waals surface area (Å²) in [4.78, 5) is 0.268. The van der Waals surface area contributed by atoms with Gasteiger partial charge in [-0.3, -0.25) is 0 Å². The topological polar surface area (TPSA) is 72.2 Å². The summed E-state index contributed by atoms with van der Waals surface area (Å²) in [5.74, 6) is 0. The van der Waals surface area contributed by atoms with Crippen LogP contribution < -0.4 is 10.5 Å². The van der Waals surface area contributed by atoms with E-state index in [-0.39, 0.29) is 4.90 Å². The number of nitrogen functional groups attached to an aromatic ring is 1. The van der Waals surface area contributed by atoms with Crippen molar-refractivity contribution < 1.29 is 8.42 Å². The maximum atomic E-state index is 11.4. The highest BCUT2D eigenvalue weighted by molar-refractivity contribution is 7.89. The average Bonchev–Trinajstić information content (AvgIpc) is 2.03. The Hall–Kier alpha value is -1.07. The van der Waals surface area contributed by atoms with Crippen molar-refractivity contribution in [2.75, 3.05) is 12.8 Å². The van der Waals surface area contributed by atoms with Crippen molar-refractivity contribution in [3.63, 3.8) is 0 Å². The summed E-state index contributed by atoms with van der Waals surface area (Å²) in [5.41, 5.74) is 6.71. The normalized spacial score (nSPS) is 11.5. The second-order valence-electron chi connectivity index (χ2n) is 2.73. The average molecular weight is 200 g/mol. The summed E-state index contributed by atoms with van der Waals surface area (Å²) in [6.07, 6.45) is 0. The van der Waals surface area contributed by atoms with Crippen molar-refractivity contribution in [3.8, 4) is 0 Å². The lowest BCUT2D eigenvalue weighted by Gasteiger charge is -2.06. The van der Waals surface area contributed by atoms with E-state index in [9.17, 15) is 8.42 Å². The molecule has 0 saturated carbocycles. The molecule has 1 rings (SSSR count). The van der Waals surface area contributed by atoms with Gasteiger partial charge in [-0.2, -0.15) is 0 Å². The van der Waals surface area contributed by atoms with Gasteiger partial charge in [-0.25, -0.2) is 13.1 Å². The second kappa shape index (κ2) is 3.35. The van der Waals surface area contributed by atoms with Crippen LogP contribution in [0, 0.1) is 6.92 Å². The Morgan fingerprint density at radius 2 is 2.00 bits per heavy atom. The van der Waals surface area contributed by atoms with Crippen LogP contribution in [0.2, 0.25) is 0 Å². The third-order valence-corrected chi connectivity index (χ3v) is 3.33. The fraction of sp³-hybridized carbons (Fsp3) is 0.250. The first kappa shape index (κ1) is 10.0. The molecule has 0 unspecified atom stereocenters. The summed E-state index contributed by atoms with van der Waals surface area (Å²) in [5, 5.41) is 0. The van der Waals surface area contributed by atoms with Crippen molar-refractivity contribution in [1.82, 2.24) is 4.72 Å². The molecule has 0 bridgehead atoms. The molecule has 0 saturated heterocycles. The highest BCUT2D eigenvalue weighted by Gasteiger charge is 2.13. The highest BCUT2D eigenvalue weighted by atomic mass is 32.2. The van der Waals surface area contributed by atoms with Gasteiger partial charge in [0.2, 0.25) is 10.0 Å². The Morgan fingerprint density at radius 3 is 2.46 bits per heavy atom. The smallest absolute Gasteiger partial charge is 0.240 e. The van der Waals surface area contributed by atoms with Gasteiger partial charge in [-0.05, 0) is 37.7 Å². The van der Waals surface area contributed by atoms with E-state index in [1.165, 1.54) is 13.1 Å². The molecular weight excluding hydrogens is 188 g/mol. The van der Waals surface area contributed by atoms with Crippen LogP contribution in [0.3, 0.4) is 0 Å². The zero-order valence-corrected chi connectivity index (χ0v) is 8.35. The minimum Gasteiger partial charge on any atom is -0.399 e. The maximum absolute atomic E-state index is 11.4. The van der Waals surface area contributed by atoms with Gasteiger partial charge in [-0.15, -0.1) is 0 Å². The molecule has 0 aliphatic heterocycles. The summed E-state index contributed by atoms with van der Waals surface area (Å²) >= 11 is 0. The fourth-order valence-corrected chi connectivity index (χ4v) is 2.03. The molecule has 1 aromatic carbocycles. The molecule has 1 aromatic rings. The van der Waals surface area contributed by atoms with Crippen LogP contribution in [0.4, 0.5) is 5.69 Å². The molecule has 13 heavy (non-hydrogen) atoms. The summed E-state index contributed by atoms with van der Waals surface area (Å²) < 4.78 is 25.0. The van der Waals surface area contributed by atoms with Crippen LogP contribution in [-0.4, -0.2) is 15.5 Å². The molecule has 72 valence electrons.